The van der Waals surface area contributed by atoms with E-state index in [1.807, 2.05) is 31.2 Å². The van der Waals surface area contributed by atoms with Crippen molar-refractivity contribution in [3.05, 3.63) is 95.2 Å². The van der Waals surface area contributed by atoms with Crippen molar-refractivity contribution in [1.82, 2.24) is 4.98 Å². The van der Waals surface area contributed by atoms with Gasteiger partial charge in [-0.3, -0.25) is 4.79 Å². The standard InChI is InChI=1S/C25H20ClFN2O3/c1-16-6-9-18(10-7-16)31-22-11-8-17(26)14-21(22)29-24(30)12-13-25-28-15-23(32-25)19-4-2-3-5-20(19)27/h2-11,14-15H,12-13H2,1H3,(H,29,30). The van der Waals surface area contributed by atoms with Crippen LogP contribution in [0.15, 0.2) is 77.3 Å². The summed E-state index contributed by atoms with van der Waals surface area (Å²) in [5, 5.41) is 3.29. The molecule has 0 aliphatic carbocycles. The van der Waals surface area contributed by atoms with Crippen molar-refractivity contribution in [3.63, 3.8) is 0 Å². The Hall–Kier alpha value is -3.64. The molecule has 0 saturated heterocycles. The molecular weight excluding hydrogens is 431 g/mol. The lowest BCUT2D eigenvalue weighted by Gasteiger charge is -2.13. The summed E-state index contributed by atoms with van der Waals surface area (Å²) in [6, 6.07) is 18.9. The summed E-state index contributed by atoms with van der Waals surface area (Å²) >= 11 is 6.11. The quantitative estimate of drug-likeness (QED) is 0.336. The molecule has 0 aliphatic heterocycles. The first-order valence-corrected chi connectivity index (χ1v) is 10.4. The number of nitrogens with one attached hydrogen (secondary N) is 1. The monoisotopic (exact) mass is 450 g/mol. The molecule has 0 spiro atoms. The van der Waals surface area contributed by atoms with Gasteiger partial charge in [-0.1, -0.05) is 41.4 Å². The highest BCUT2D eigenvalue weighted by atomic mass is 35.5. The highest BCUT2D eigenvalue weighted by molar-refractivity contribution is 6.31. The molecule has 0 bridgehead atoms. The number of rotatable bonds is 7. The van der Waals surface area contributed by atoms with Gasteiger partial charge in [-0.25, -0.2) is 9.37 Å². The largest absolute Gasteiger partial charge is 0.455 e. The van der Waals surface area contributed by atoms with Crippen LogP contribution in [0.4, 0.5) is 10.1 Å². The summed E-state index contributed by atoms with van der Waals surface area (Å²) in [4.78, 5) is 16.7. The third-order valence-corrected chi connectivity index (χ3v) is 4.96. The van der Waals surface area contributed by atoms with Gasteiger partial charge in [0.05, 0.1) is 17.4 Å². The minimum atomic E-state index is -0.394. The van der Waals surface area contributed by atoms with Crippen LogP contribution in [0.5, 0.6) is 11.5 Å². The number of oxazole rings is 1. The van der Waals surface area contributed by atoms with Crippen molar-refractivity contribution >= 4 is 23.2 Å². The van der Waals surface area contributed by atoms with E-state index >= 15 is 0 Å². The first-order chi connectivity index (χ1) is 15.5. The van der Waals surface area contributed by atoms with Crippen LogP contribution < -0.4 is 10.1 Å². The number of carbonyl (C=O) groups is 1. The highest BCUT2D eigenvalue weighted by Crippen LogP contribution is 2.32. The summed E-state index contributed by atoms with van der Waals surface area (Å²) in [6.07, 6.45) is 1.83. The number of anilines is 1. The molecule has 7 heteroatoms. The number of nitrogens with zero attached hydrogens (tertiary/aromatic N) is 1. The Morgan fingerprint density at radius 3 is 2.69 bits per heavy atom. The van der Waals surface area contributed by atoms with E-state index in [0.29, 0.717) is 39.4 Å². The van der Waals surface area contributed by atoms with Crippen LogP contribution >= 0.6 is 11.6 Å². The first-order valence-electron chi connectivity index (χ1n) is 10.0. The fourth-order valence-electron chi connectivity index (χ4n) is 3.07. The third kappa shape index (κ3) is 5.34. The normalized spacial score (nSPS) is 10.7. The Balaban J connectivity index is 1.41. The number of ether oxygens (including phenoxy) is 1. The lowest BCUT2D eigenvalue weighted by atomic mass is 10.2. The lowest BCUT2D eigenvalue weighted by Crippen LogP contribution is -2.13. The number of halogens is 2. The van der Waals surface area contributed by atoms with Gasteiger partial charge in [0.25, 0.3) is 0 Å². The van der Waals surface area contributed by atoms with Crippen molar-refractivity contribution < 1.29 is 18.3 Å². The number of aryl methyl sites for hydroxylation is 2. The molecule has 1 N–H and O–H groups in total. The maximum absolute atomic E-state index is 13.9. The molecule has 5 nitrogen and oxygen atoms in total. The predicted molar refractivity (Wildman–Crippen MR) is 122 cm³/mol. The average molecular weight is 451 g/mol. The minimum Gasteiger partial charge on any atom is -0.455 e. The summed E-state index contributed by atoms with van der Waals surface area (Å²) in [7, 11) is 0. The fraction of sp³-hybridized carbons (Fsp3) is 0.120. The molecule has 162 valence electrons. The van der Waals surface area contributed by atoms with Crippen molar-refractivity contribution in [3.8, 4) is 22.8 Å². The Labute approximate surface area is 189 Å². The summed E-state index contributed by atoms with van der Waals surface area (Å²) < 4.78 is 25.4. The van der Waals surface area contributed by atoms with Crippen LogP contribution in [0, 0.1) is 12.7 Å². The van der Waals surface area contributed by atoms with E-state index in [4.69, 9.17) is 20.8 Å². The molecule has 4 aromatic rings. The molecule has 0 fully saturated rings. The van der Waals surface area contributed by atoms with Crippen molar-refractivity contribution in [2.24, 2.45) is 0 Å². The molecule has 1 amide bonds. The van der Waals surface area contributed by atoms with Crippen LogP contribution in [0.2, 0.25) is 5.02 Å². The maximum Gasteiger partial charge on any atom is 0.224 e. The van der Waals surface area contributed by atoms with Crippen LogP contribution in [-0.4, -0.2) is 10.9 Å². The Morgan fingerprint density at radius 1 is 1.12 bits per heavy atom. The Bertz CT molecular complexity index is 1240. The number of hydrogen-bond acceptors (Lipinski definition) is 4. The zero-order valence-electron chi connectivity index (χ0n) is 17.3. The van der Waals surface area contributed by atoms with Crippen molar-refractivity contribution in [2.75, 3.05) is 5.32 Å². The predicted octanol–water partition coefficient (Wildman–Crippen LogP) is 6.81. The Kier molecular flexibility index (Phi) is 6.52. The molecule has 0 aliphatic rings. The van der Waals surface area contributed by atoms with E-state index in [-0.39, 0.29) is 18.7 Å². The number of aromatic nitrogens is 1. The number of amides is 1. The number of carbonyl (C=O) groups excluding carboxylic acids is 1. The molecule has 0 saturated carbocycles. The van der Waals surface area contributed by atoms with Crippen molar-refractivity contribution in [2.45, 2.75) is 19.8 Å². The van der Waals surface area contributed by atoms with Crippen LogP contribution in [-0.2, 0) is 11.2 Å². The summed E-state index contributed by atoms with van der Waals surface area (Å²) in [5.74, 6) is 1.14. The molecule has 3 aromatic carbocycles. The molecule has 1 aromatic heterocycles. The molecular formula is C25H20ClFN2O3. The average Bonchev–Trinajstić information content (AvgIpc) is 3.25. The van der Waals surface area contributed by atoms with E-state index in [1.165, 1.54) is 12.3 Å². The summed E-state index contributed by atoms with van der Waals surface area (Å²) in [5.41, 5.74) is 1.90. The van der Waals surface area contributed by atoms with E-state index in [2.05, 4.69) is 10.3 Å². The summed E-state index contributed by atoms with van der Waals surface area (Å²) in [6.45, 7) is 1.99. The van der Waals surface area contributed by atoms with Crippen LogP contribution in [0.25, 0.3) is 11.3 Å². The molecule has 0 unspecified atom stereocenters. The molecule has 0 atom stereocenters. The third-order valence-electron chi connectivity index (χ3n) is 4.72. The van der Waals surface area contributed by atoms with Gasteiger partial charge in [0.15, 0.2) is 17.4 Å². The lowest BCUT2D eigenvalue weighted by molar-refractivity contribution is -0.116. The second-order valence-electron chi connectivity index (χ2n) is 7.20. The molecule has 1 heterocycles. The topological polar surface area (TPSA) is 64.4 Å². The zero-order chi connectivity index (χ0) is 22.5. The smallest absolute Gasteiger partial charge is 0.224 e. The SMILES string of the molecule is Cc1ccc(Oc2ccc(Cl)cc2NC(=O)CCc2ncc(-c3ccccc3F)o2)cc1. The van der Waals surface area contributed by atoms with Gasteiger partial charge in [0.1, 0.15) is 11.6 Å². The van der Waals surface area contributed by atoms with Gasteiger partial charge in [-0.05, 0) is 49.4 Å². The van der Waals surface area contributed by atoms with Gasteiger partial charge >= 0.3 is 0 Å². The van der Waals surface area contributed by atoms with Gasteiger partial charge in [0.2, 0.25) is 5.91 Å². The fourth-order valence-corrected chi connectivity index (χ4v) is 3.24. The van der Waals surface area contributed by atoms with Crippen molar-refractivity contribution in [1.29, 1.82) is 0 Å². The van der Waals surface area contributed by atoms with Gasteiger partial charge in [0, 0.05) is 17.9 Å². The number of benzene rings is 3. The van der Waals surface area contributed by atoms with E-state index < -0.39 is 5.82 Å². The van der Waals surface area contributed by atoms with E-state index in [1.54, 1.807) is 36.4 Å². The van der Waals surface area contributed by atoms with Gasteiger partial charge in [-0.15, -0.1) is 0 Å². The van der Waals surface area contributed by atoms with E-state index in [9.17, 15) is 9.18 Å². The van der Waals surface area contributed by atoms with Crippen LogP contribution in [0.3, 0.4) is 0 Å². The highest BCUT2D eigenvalue weighted by Gasteiger charge is 2.14. The van der Waals surface area contributed by atoms with E-state index in [0.717, 1.165) is 5.56 Å². The minimum absolute atomic E-state index is 0.119. The second-order valence-corrected chi connectivity index (χ2v) is 7.64. The van der Waals surface area contributed by atoms with Gasteiger partial charge < -0.3 is 14.5 Å². The Morgan fingerprint density at radius 2 is 1.91 bits per heavy atom. The maximum atomic E-state index is 13.9. The molecule has 4 rings (SSSR count). The first kappa shape index (κ1) is 21.6. The number of hydrogen-bond donors (Lipinski definition) is 1. The molecule has 32 heavy (non-hydrogen) atoms. The van der Waals surface area contributed by atoms with Gasteiger partial charge in [-0.2, -0.15) is 0 Å². The van der Waals surface area contributed by atoms with Crippen LogP contribution in [0.1, 0.15) is 17.9 Å². The second kappa shape index (κ2) is 9.66. The molecule has 0 radical (unpaired) electrons. The zero-order valence-corrected chi connectivity index (χ0v) is 18.0.